The van der Waals surface area contributed by atoms with Crippen LogP contribution < -0.4 is 14.7 Å². The molecule has 0 radical (unpaired) electrons. The lowest BCUT2D eigenvalue weighted by Gasteiger charge is -2.26. The van der Waals surface area contributed by atoms with Crippen molar-refractivity contribution < 1.29 is 0 Å². The maximum absolute atomic E-state index is 5.30. The van der Waals surface area contributed by atoms with Crippen molar-refractivity contribution in [3.8, 4) is 45.0 Å². The summed E-state index contributed by atoms with van der Waals surface area (Å²) in [5.41, 5.74) is 11.2. The molecule has 4 nitrogen and oxygen atoms in total. The molecule has 2 aromatic heterocycles. The van der Waals surface area contributed by atoms with Crippen LogP contribution in [0.2, 0.25) is 0 Å². The number of thiophene rings is 1. The minimum absolute atomic E-state index is 0.681. The number of hydrogen-bond donors (Lipinski definition) is 0. The topological polar surface area (TPSA) is 41.9 Å². The van der Waals surface area contributed by atoms with E-state index in [-0.39, 0.29) is 0 Å². The lowest BCUT2D eigenvalue weighted by molar-refractivity contribution is 0.987. The highest BCUT2D eigenvalue weighted by molar-refractivity contribution is 7.17. The second-order valence-electron chi connectivity index (χ2n) is 15.1. The zero-order chi connectivity index (χ0) is 39.8. The van der Waals surface area contributed by atoms with Gasteiger partial charge >= 0.3 is 0 Å². The Bertz CT molecular complexity index is 3300. The van der Waals surface area contributed by atoms with Gasteiger partial charge in [-0.2, -0.15) is 0 Å². The van der Waals surface area contributed by atoms with Crippen LogP contribution in [-0.2, 0) is 0 Å². The largest absolute Gasteiger partial charge is 0.310 e. The van der Waals surface area contributed by atoms with Gasteiger partial charge < -0.3 is 4.90 Å². The molecule has 0 bridgehead atoms. The van der Waals surface area contributed by atoms with Crippen LogP contribution in [0.1, 0.15) is 18.7 Å². The van der Waals surface area contributed by atoms with E-state index >= 15 is 0 Å². The van der Waals surface area contributed by atoms with Gasteiger partial charge in [0.1, 0.15) is 0 Å². The van der Waals surface area contributed by atoms with E-state index < -0.39 is 0 Å². The zero-order valence-electron chi connectivity index (χ0n) is 32.7. The van der Waals surface area contributed by atoms with Gasteiger partial charge in [-0.15, -0.1) is 11.3 Å². The summed E-state index contributed by atoms with van der Waals surface area (Å²) in [4.78, 5) is 18.0. The molecule has 5 heteroatoms. The first-order valence-corrected chi connectivity index (χ1v) is 21.2. The fourth-order valence-corrected chi connectivity index (χ4v) is 9.73. The Kier molecular flexibility index (Phi) is 9.14. The molecule has 11 rings (SSSR count). The summed E-state index contributed by atoms with van der Waals surface area (Å²) >= 11 is 1.85. The van der Waals surface area contributed by atoms with Gasteiger partial charge in [-0.3, -0.25) is 0 Å². The Labute approximate surface area is 352 Å². The first-order valence-electron chi connectivity index (χ1n) is 20.4. The van der Waals surface area contributed by atoms with Gasteiger partial charge in [0.05, 0.1) is 0 Å². The molecule has 60 heavy (non-hydrogen) atoms. The van der Waals surface area contributed by atoms with E-state index in [1.807, 2.05) is 29.5 Å². The first-order chi connectivity index (χ1) is 29.7. The Balaban J connectivity index is 1.08. The van der Waals surface area contributed by atoms with Crippen molar-refractivity contribution in [1.82, 2.24) is 15.0 Å². The maximum atomic E-state index is 5.30. The highest BCUT2D eigenvalue weighted by atomic mass is 32.1. The predicted octanol–water partition coefficient (Wildman–Crippen LogP) is 13.2. The van der Waals surface area contributed by atoms with Crippen LogP contribution in [0.4, 0.5) is 17.1 Å². The molecular formula is C55H38N4S. The van der Waals surface area contributed by atoms with Crippen molar-refractivity contribution in [2.24, 2.45) is 0 Å². The summed E-state index contributed by atoms with van der Waals surface area (Å²) in [7, 11) is 0. The van der Waals surface area contributed by atoms with E-state index in [4.69, 9.17) is 15.0 Å². The second-order valence-corrected chi connectivity index (χ2v) is 16.2. The van der Waals surface area contributed by atoms with Gasteiger partial charge in [0.15, 0.2) is 17.5 Å². The quantitative estimate of drug-likeness (QED) is 0.154. The maximum Gasteiger partial charge on any atom is 0.164 e. The van der Waals surface area contributed by atoms with Crippen molar-refractivity contribution in [3.63, 3.8) is 0 Å². The minimum atomic E-state index is 0.681. The highest BCUT2D eigenvalue weighted by Gasteiger charge is 2.21. The molecule has 284 valence electrons. The van der Waals surface area contributed by atoms with E-state index in [1.54, 1.807) is 0 Å². The normalized spacial score (nSPS) is 12.3. The number of nitrogens with zero attached hydrogens (tertiary/aromatic N) is 4. The summed E-state index contributed by atoms with van der Waals surface area (Å²) in [5, 5.41) is 4.73. The summed E-state index contributed by atoms with van der Waals surface area (Å²) in [5.74, 6) is 2.11. The van der Waals surface area contributed by atoms with E-state index in [2.05, 4.69) is 193 Å². The molecule has 8 aromatic carbocycles. The fourth-order valence-electron chi connectivity index (χ4n) is 8.50. The average Bonchev–Trinajstić information content (AvgIpc) is 3.71. The number of benzene rings is 8. The summed E-state index contributed by atoms with van der Waals surface area (Å²) in [6, 6.07) is 70.9. The number of rotatable bonds is 8. The van der Waals surface area contributed by atoms with Gasteiger partial charge in [-0.05, 0) is 82.3 Å². The van der Waals surface area contributed by atoms with Crippen LogP contribution in [0, 0.1) is 0 Å². The van der Waals surface area contributed by atoms with Crippen LogP contribution >= 0.6 is 11.3 Å². The Morgan fingerprint density at radius 1 is 0.417 bits per heavy atom. The Morgan fingerprint density at radius 3 is 1.78 bits per heavy atom. The van der Waals surface area contributed by atoms with Gasteiger partial charge in [0.2, 0.25) is 0 Å². The molecule has 0 atom stereocenters. The lowest BCUT2D eigenvalue weighted by atomic mass is 9.99. The van der Waals surface area contributed by atoms with Crippen molar-refractivity contribution in [3.05, 3.63) is 216 Å². The molecule has 0 N–H and O–H groups in total. The van der Waals surface area contributed by atoms with Crippen molar-refractivity contribution in [1.29, 1.82) is 0 Å². The van der Waals surface area contributed by atoms with E-state index in [0.29, 0.717) is 11.6 Å². The summed E-state index contributed by atoms with van der Waals surface area (Å²) < 4.78 is 2.49. The molecule has 2 heterocycles. The van der Waals surface area contributed by atoms with Gasteiger partial charge in [0, 0.05) is 53.6 Å². The van der Waals surface area contributed by atoms with E-state index in [1.165, 1.54) is 42.1 Å². The Morgan fingerprint density at radius 2 is 1.00 bits per heavy atom. The van der Waals surface area contributed by atoms with Crippen molar-refractivity contribution in [2.75, 3.05) is 4.90 Å². The van der Waals surface area contributed by atoms with Crippen LogP contribution in [0.25, 0.3) is 77.5 Å². The molecule has 1 aliphatic rings. The van der Waals surface area contributed by atoms with Crippen molar-refractivity contribution >= 4 is 60.9 Å². The third kappa shape index (κ3) is 6.65. The summed E-state index contributed by atoms with van der Waals surface area (Å²) in [6.07, 6.45) is 4.15. The number of aromatic nitrogens is 3. The number of hydrogen-bond acceptors (Lipinski definition) is 5. The first kappa shape index (κ1) is 35.7. The molecule has 10 aromatic rings. The van der Waals surface area contributed by atoms with Crippen LogP contribution in [0.3, 0.4) is 0 Å². The van der Waals surface area contributed by atoms with Gasteiger partial charge in [-0.25, -0.2) is 15.0 Å². The highest BCUT2D eigenvalue weighted by Crippen LogP contribution is 2.39. The fraction of sp³-hybridized carbons (Fsp3) is 0.0364. The third-order valence-corrected chi connectivity index (χ3v) is 12.5. The van der Waals surface area contributed by atoms with Crippen LogP contribution in [-0.4, -0.2) is 15.0 Å². The Hall–Kier alpha value is -7.47. The molecule has 0 fully saturated rings. The zero-order valence-corrected chi connectivity index (χ0v) is 33.6. The van der Waals surface area contributed by atoms with Crippen molar-refractivity contribution in [2.45, 2.75) is 12.8 Å². The third-order valence-electron chi connectivity index (χ3n) is 11.4. The molecule has 0 unspecified atom stereocenters. The predicted molar refractivity (Wildman–Crippen MR) is 251 cm³/mol. The second kappa shape index (κ2) is 15.4. The number of anilines is 3. The molecule has 1 aliphatic carbocycles. The molecule has 0 aliphatic heterocycles. The molecule has 0 saturated heterocycles. The molecule has 0 amide bonds. The average molecular weight is 787 g/mol. The van der Waals surface area contributed by atoms with Gasteiger partial charge in [0.25, 0.3) is 0 Å². The molecular weight excluding hydrogens is 749 g/mol. The van der Waals surface area contributed by atoms with E-state index in [9.17, 15) is 0 Å². The SMILES string of the molecule is C1=c2sc3cc(N(c4ccc(-c5ccccc5)cc4)c4cccc(-c5ccccc5)c4)ccc3c2=C(c2nc(-c3ccccc3)nc(-c3cccc4ccccc34)n2)CC1. The van der Waals surface area contributed by atoms with Crippen LogP contribution in [0.15, 0.2) is 200 Å². The standard InChI is InChI=1S/C55H38N4S/c1-4-15-37(16-5-1)39-29-31-43(32-30-39)59(44-24-12-23-42(35-44)38-17-6-2-7-18-38)45-33-34-48-51(36-45)60-50-28-14-27-49(52(48)50)55-57-53(41-20-8-3-9-21-41)56-54(58-55)47-26-13-22-40-19-10-11-25-46(40)47/h1-13,15-26,28-36H,14,27H2. The monoisotopic (exact) mass is 786 g/mol. The molecule has 0 spiro atoms. The lowest BCUT2D eigenvalue weighted by Crippen LogP contribution is -2.26. The minimum Gasteiger partial charge on any atom is -0.310 e. The van der Waals surface area contributed by atoms with Crippen LogP contribution in [0.5, 0.6) is 0 Å². The van der Waals surface area contributed by atoms with Gasteiger partial charge in [-0.1, -0.05) is 170 Å². The smallest absolute Gasteiger partial charge is 0.164 e. The van der Waals surface area contributed by atoms with E-state index in [0.717, 1.165) is 63.2 Å². The number of fused-ring (bicyclic) bond motifs is 4. The molecule has 0 saturated carbocycles. The summed E-state index contributed by atoms with van der Waals surface area (Å²) in [6.45, 7) is 0.